The van der Waals surface area contributed by atoms with E-state index >= 15 is 0 Å². The molecule has 0 radical (unpaired) electrons. The number of rotatable bonds is 7. The molecule has 0 fully saturated rings. The van der Waals surface area contributed by atoms with Crippen molar-refractivity contribution in [3.05, 3.63) is 18.1 Å². The van der Waals surface area contributed by atoms with Crippen LogP contribution in [0.25, 0.3) is 0 Å². The molecule has 4 heteroatoms. The van der Waals surface area contributed by atoms with E-state index in [1.54, 1.807) is 7.11 Å². The Morgan fingerprint density at radius 1 is 1.38 bits per heavy atom. The molecule has 90 valence electrons. The zero-order valence-electron chi connectivity index (χ0n) is 10.1. The third kappa shape index (κ3) is 4.57. The van der Waals surface area contributed by atoms with Crippen LogP contribution in [0, 0.1) is 0 Å². The van der Waals surface area contributed by atoms with Gasteiger partial charge in [-0.2, -0.15) is 0 Å². The molecule has 0 bridgehead atoms. The Morgan fingerprint density at radius 2 is 2.19 bits per heavy atom. The summed E-state index contributed by atoms with van der Waals surface area (Å²) in [6.45, 7) is 2.20. The van der Waals surface area contributed by atoms with Crippen molar-refractivity contribution in [2.24, 2.45) is 5.73 Å². The topological polar surface area (TPSA) is 61.0 Å². The van der Waals surface area contributed by atoms with Gasteiger partial charge in [-0.3, -0.25) is 0 Å². The molecule has 16 heavy (non-hydrogen) atoms. The molecule has 0 aromatic carbocycles. The molecule has 0 amide bonds. The SMILES string of the molecule is CCCCCC(N)Cc1cc(OC)ncn1. The van der Waals surface area contributed by atoms with Crippen molar-refractivity contribution in [1.29, 1.82) is 0 Å². The van der Waals surface area contributed by atoms with Crippen molar-refractivity contribution in [2.75, 3.05) is 7.11 Å². The summed E-state index contributed by atoms with van der Waals surface area (Å²) < 4.78 is 5.04. The second-order valence-electron chi connectivity index (χ2n) is 4.01. The van der Waals surface area contributed by atoms with E-state index in [-0.39, 0.29) is 6.04 Å². The lowest BCUT2D eigenvalue weighted by Gasteiger charge is -2.10. The lowest BCUT2D eigenvalue weighted by molar-refractivity contribution is 0.395. The number of hydrogen-bond acceptors (Lipinski definition) is 4. The van der Waals surface area contributed by atoms with Crippen LogP contribution in [0.15, 0.2) is 12.4 Å². The van der Waals surface area contributed by atoms with Crippen LogP contribution in [0.5, 0.6) is 5.88 Å². The lowest BCUT2D eigenvalue weighted by atomic mass is 10.0. The smallest absolute Gasteiger partial charge is 0.216 e. The van der Waals surface area contributed by atoms with E-state index in [1.807, 2.05) is 6.07 Å². The monoisotopic (exact) mass is 223 g/mol. The number of unbranched alkanes of at least 4 members (excludes halogenated alkanes) is 2. The Labute approximate surface area is 97.2 Å². The minimum atomic E-state index is 0.186. The van der Waals surface area contributed by atoms with Gasteiger partial charge in [0.15, 0.2) is 0 Å². The lowest BCUT2D eigenvalue weighted by Crippen LogP contribution is -2.23. The quantitative estimate of drug-likeness (QED) is 0.717. The minimum Gasteiger partial charge on any atom is -0.481 e. The standard InChI is InChI=1S/C12H21N3O/c1-3-4-5-6-10(13)7-11-8-12(16-2)15-9-14-11/h8-10H,3-7,13H2,1-2H3. The fraction of sp³-hybridized carbons (Fsp3) is 0.667. The highest BCUT2D eigenvalue weighted by atomic mass is 16.5. The maximum Gasteiger partial charge on any atom is 0.216 e. The van der Waals surface area contributed by atoms with Crippen LogP contribution in [0.2, 0.25) is 0 Å². The Balaban J connectivity index is 2.39. The number of methoxy groups -OCH3 is 1. The zero-order chi connectivity index (χ0) is 11.8. The van der Waals surface area contributed by atoms with Gasteiger partial charge in [0.05, 0.1) is 7.11 Å². The first-order valence-corrected chi connectivity index (χ1v) is 5.86. The van der Waals surface area contributed by atoms with Gasteiger partial charge in [0.1, 0.15) is 6.33 Å². The summed E-state index contributed by atoms with van der Waals surface area (Å²) in [5.74, 6) is 0.603. The van der Waals surface area contributed by atoms with Crippen molar-refractivity contribution >= 4 is 0 Å². The average molecular weight is 223 g/mol. The average Bonchev–Trinajstić information content (AvgIpc) is 2.29. The van der Waals surface area contributed by atoms with Crippen LogP contribution in [0.1, 0.15) is 38.3 Å². The van der Waals surface area contributed by atoms with Gasteiger partial charge in [0, 0.05) is 24.2 Å². The third-order valence-electron chi connectivity index (χ3n) is 2.56. The van der Waals surface area contributed by atoms with Gasteiger partial charge >= 0.3 is 0 Å². The van der Waals surface area contributed by atoms with E-state index in [2.05, 4.69) is 16.9 Å². The van der Waals surface area contributed by atoms with Gasteiger partial charge in [-0.25, -0.2) is 9.97 Å². The van der Waals surface area contributed by atoms with Gasteiger partial charge in [-0.1, -0.05) is 26.2 Å². The molecule has 0 aliphatic carbocycles. The van der Waals surface area contributed by atoms with E-state index in [9.17, 15) is 0 Å². The first-order valence-electron chi connectivity index (χ1n) is 5.86. The summed E-state index contributed by atoms with van der Waals surface area (Å²) in [7, 11) is 1.60. The van der Waals surface area contributed by atoms with Crippen LogP contribution in [0.3, 0.4) is 0 Å². The Kier molecular flexibility index (Phi) is 5.78. The molecule has 1 atom stereocenters. The van der Waals surface area contributed by atoms with Crippen molar-refractivity contribution in [3.63, 3.8) is 0 Å². The zero-order valence-corrected chi connectivity index (χ0v) is 10.1. The van der Waals surface area contributed by atoms with Crippen LogP contribution in [0.4, 0.5) is 0 Å². The highest BCUT2D eigenvalue weighted by Crippen LogP contribution is 2.10. The predicted octanol–water partition coefficient (Wildman–Crippen LogP) is 1.94. The molecule has 1 heterocycles. The van der Waals surface area contributed by atoms with Crippen molar-refractivity contribution in [3.8, 4) is 5.88 Å². The summed E-state index contributed by atoms with van der Waals surface area (Å²) in [6.07, 6.45) is 7.05. The van der Waals surface area contributed by atoms with Crippen LogP contribution in [-0.2, 0) is 6.42 Å². The van der Waals surface area contributed by atoms with Gasteiger partial charge in [-0.15, -0.1) is 0 Å². The highest BCUT2D eigenvalue weighted by molar-refractivity contribution is 5.14. The molecular weight excluding hydrogens is 202 g/mol. The maximum absolute atomic E-state index is 6.04. The summed E-state index contributed by atoms with van der Waals surface area (Å²) in [4.78, 5) is 8.15. The van der Waals surface area contributed by atoms with E-state index < -0.39 is 0 Å². The summed E-state index contributed by atoms with van der Waals surface area (Å²) in [6, 6.07) is 2.03. The summed E-state index contributed by atoms with van der Waals surface area (Å²) in [5, 5.41) is 0. The van der Waals surface area contributed by atoms with E-state index in [0.717, 1.165) is 18.5 Å². The Hall–Kier alpha value is -1.16. The number of nitrogens with two attached hydrogens (primary N) is 1. The molecule has 1 aromatic heterocycles. The molecule has 1 rings (SSSR count). The first kappa shape index (κ1) is 12.9. The van der Waals surface area contributed by atoms with Crippen LogP contribution in [-0.4, -0.2) is 23.1 Å². The largest absolute Gasteiger partial charge is 0.481 e. The van der Waals surface area contributed by atoms with Crippen LogP contribution < -0.4 is 10.5 Å². The molecule has 0 aliphatic rings. The maximum atomic E-state index is 6.04. The molecule has 0 aliphatic heterocycles. The molecule has 0 spiro atoms. The fourth-order valence-electron chi connectivity index (χ4n) is 1.63. The highest BCUT2D eigenvalue weighted by Gasteiger charge is 2.06. The van der Waals surface area contributed by atoms with E-state index in [4.69, 9.17) is 10.5 Å². The molecule has 4 nitrogen and oxygen atoms in total. The van der Waals surface area contributed by atoms with Crippen molar-refractivity contribution in [2.45, 2.75) is 45.1 Å². The molecule has 0 saturated heterocycles. The summed E-state index contributed by atoms with van der Waals surface area (Å²) >= 11 is 0. The van der Waals surface area contributed by atoms with Gasteiger partial charge < -0.3 is 10.5 Å². The molecule has 0 saturated carbocycles. The molecule has 2 N–H and O–H groups in total. The normalized spacial score (nSPS) is 12.4. The number of nitrogens with zero attached hydrogens (tertiary/aromatic N) is 2. The van der Waals surface area contributed by atoms with Crippen molar-refractivity contribution in [1.82, 2.24) is 9.97 Å². The third-order valence-corrected chi connectivity index (χ3v) is 2.56. The van der Waals surface area contributed by atoms with Gasteiger partial charge in [-0.05, 0) is 6.42 Å². The Bertz CT molecular complexity index is 304. The number of aromatic nitrogens is 2. The molecule has 1 aromatic rings. The van der Waals surface area contributed by atoms with Crippen molar-refractivity contribution < 1.29 is 4.74 Å². The Morgan fingerprint density at radius 3 is 2.88 bits per heavy atom. The minimum absolute atomic E-state index is 0.186. The number of ether oxygens (including phenoxy) is 1. The second-order valence-corrected chi connectivity index (χ2v) is 4.01. The second kappa shape index (κ2) is 7.17. The van der Waals surface area contributed by atoms with Gasteiger partial charge in [0.2, 0.25) is 5.88 Å². The fourth-order valence-corrected chi connectivity index (χ4v) is 1.63. The van der Waals surface area contributed by atoms with E-state index in [1.165, 1.54) is 25.6 Å². The predicted molar refractivity (Wildman–Crippen MR) is 64.4 cm³/mol. The number of hydrogen-bond donors (Lipinski definition) is 1. The first-order chi connectivity index (χ1) is 7.76. The molecule has 1 unspecified atom stereocenters. The van der Waals surface area contributed by atoms with E-state index in [0.29, 0.717) is 5.88 Å². The summed E-state index contributed by atoms with van der Waals surface area (Å²) in [5.41, 5.74) is 6.99. The van der Waals surface area contributed by atoms with Gasteiger partial charge in [0.25, 0.3) is 0 Å². The van der Waals surface area contributed by atoms with Crippen LogP contribution >= 0.6 is 0 Å². The molecular formula is C12H21N3O.